The van der Waals surface area contributed by atoms with Crippen LogP contribution in [0.5, 0.6) is 0 Å². The third-order valence-electron chi connectivity index (χ3n) is 3.45. The molecule has 5 nitrogen and oxygen atoms in total. The van der Waals surface area contributed by atoms with Crippen LogP contribution < -0.4 is 5.32 Å². The number of imide groups is 2. The molecule has 1 aromatic rings. The number of carbonyl (C=O) groups excluding carboxylic acids is 3. The average molecular weight is 294 g/mol. The summed E-state index contributed by atoms with van der Waals surface area (Å²) < 4.78 is 0. The first kappa shape index (κ1) is 14.7. The largest absolute Gasteiger partial charge is 0.331 e. The molecule has 0 radical (unpaired) electrons. The standard InChI is InChI=1S/C14H18N2O3S/c1-3-6-9-12(17)15-14(19)16(13(9)18)10(4-2)11-7-5-8-20-11/h5,7-10H,3-4,6H2,1-2H3,(H,15,17,19). The van der Waals surface area contributed by atoms with Crippen molar-refractivity contribution < 1.29 is 14.4 Å². The van der Waals surface area contributed by atoms with Crippen LogP contribution in [0.25, 0.3) is 0 Å². The first-order chi connectivity index (χ1) is 9.60. The molecule has 1 saturated heterocycles. The van der Waals surface area contributed by atoms with Crippen LogP contribution >= 0.6 is 11.3 Å². The SMILES string of the molecule is CCCC1C(=O)NC(=O)N(C(CC)c2cccs2)C1=O. The maximum atomic E-state index is 12.5. The Labute approximate surface area is 122 Å². The molecular formula is C14H18N2O3S. The zero-order chi connectivity index (χ0) is 14.7. The summed E-state index contributed by atoms with van der Waals surface area (Å²) in [5.41, 5.74) is 0. The predicted octanol–water partition coefficient (Wildman–Crippen LogP) is 2.69. The molecule has 2 unspecified atom stereocenters. The molecular weight excluding hydrogens is 276 g/mol. The smallest absolute Gasteiger partial charge is 0.277 e. The second-order valence-corrected chi connectivity index (χ2v) is 5.76. The Morgan fingerprint density at radius 1 is 1.35 bits per heavy atom. The Hall–Kier alpha value is -1.69. The van der Waals surface area contributed by atoms with Crippen LogP contribution in [-0.2, 0) is 9.59 Å². The molecule has 1 aromatic heterocycles. The van der Waals surface area contributed by atoms with Crippen molar-refractivity contribution in [2.45, 2.75) is 39.2 Å². The Kier molecular flexibility index (Phi) is 4.54. The van der Waals surface area contributed by atoms with E-state index >= 15 is 0 Å². The van der Waals surface area contributed by atoms with Gasteiger partial charge in [-0.15, -0.1) is 11.3 Å². The first-order valence-corrected chi connectivity index (χ1v) is 7.69. The van der Waals surface area contributed by atoms with E-state index in [0.717, 1.165) is 11.3 Å². The molecule has 20 heavy (non-hydrogen) atoms. The van der Waals surface area contributed by atoms with Crippen molar-refractivity contribution >= 4 is 29.2 Å². The lowest BCUT2D eigenvalue weighted by Crippen LogP contribution is -2.58. The third kappa shape index (κ3) is 2.60. The lowest BCUT2D eigenvalue weighted by Gasteiger charge is -2.35. The van der Waals surface area contributed by atoms with Gasteiger partial charge in [-0.25, -0.2) is 4.79 Å². The number of hydrogen-bond acceptors (Lipinski definition) is 4. The number of barbiturate groups is 1. The van der Waals surface area contributed by atoms with Crippen molar-refractivity contribution in [2.75, 3.05) is 0 Å². The molecule has 1 aliphatic rings. The van der Waals surface area contributed by atoms with Crippen LogP contribution in [-0.4, -0.2) is 22.7 Å². The Balaban J connectivity index is 2.30. The van der Waals surface area contributed by atoms with E-state index < -0.39 is 17.9 Å². The van der Waals surface area contributed by atoms with E-state index in [1.807, 2.05) is 31.4 Å². The predicted molar refractivity (Wildman–Crippen MR) is 76.1 cm³/mol. The van der Waals surface area contributed by atoms with E-state index in [0.29, 0.717) is 12.8 Å². The Bertz CT molecular complexity index is 512. The van der Waals surface area contributed by atoms with Gasteiger partial charge in [0.05, 0.1) is 6.04 Å². The van der Waals surface area contributed by atoms with Gasteiger partial charge in [-0.2, -0.15) is 0 Å². The van der Waals surface area contributed by atoms with Gasteiger partial charge in [-0.3, -0.25) is 19.8 Å². The number of hydrogen-bond donors (Lipinski definition) is 1. The molecule has 2 heterocycles. The molecule has 0 aromatic carbocycles. The highest BCUT2D eigenvalue weighted by molar-refractivity contribution is 7.10. The summed E-state index contributed by atoms with van der Waals surface area (Å²) in [6.45, 7) is 3.84. The van der Waals surface area contributed by atoms with E-state index in [1.165, 1.54) is 16.2 Å². The van der Waals surface area contributed by atoms with Crippen LogP contribution in [0, 0.1) is 5.92 Å². The fourth-order valence-corrected chi connectivity index (χ4v) is 3.36. The number of nitrogens with zero attached hydrogens (tertiary/aromatic N) is 1. The summed E-state index contributed by atoms with van der Waals surface area (Å²) in [5.74, 6) is -1.59. The van der Waals surface area contributed by atoms with E-state index in [2.05, 4.69) is 5.32 Å². The van der Waals surface area contributed by atoms with Crippen LogP contribution in [0.1, 0.15) is 44.0 Å². The summed E-state index contributed by atoms with van der Waals surface area (Å²) in [7, 11) is 0. The molecule has 0 aliphatic carbocycles. The van der Waals surface area contributed by atoms with Gasteiger partial charge >= 0.3 is 6.03 Å². The molecule has 1 fully saturated rings. The maximum absolute atomic E-state index is 12.5. The van der Waals surface area contributed by atoms with Gasteiger partial charge in [0.1, 0.15) is 5.92 Å². The molecule has 2 rings (SSSR count). The van der Waals surface area contributed by atoms with Gasteiger partial charge in [0, 0.05) is 4.88 Å². The van der Waals surface area contributed by atoms with Crippen molar-refractivity contribution in [3.63, 3.8) is 0 Å². The fraction of sp³-hybridized carbons (Fsp3) is 0.500. The minimum absolute atomic E-state index is 0.296. The highest BCUT2D eigenvalue weighted by Crippen LogP contribution is 2.31. The Morgan fingerprint density at radius 3 is 2.65 bits per heavy atom. The van der Waals surface area contributed by atoms with Crippen molar-refractivity contribution in [3.05, 3.63) is 22.4 Å². The van der Waals surface area contributed by atoms with Crippen molar-refractivity contribution in [2.24, 2.45) is 5.92 Å². The van der Waals surface area contributed by atoms with Gasteiger partial charge in [0.15, 0.2) is 0 Å². The number of thiophene rings is 1. The maximum Gasteiger partial charge on any atom is 0.331 e. The van der Waals surface area contributed by atoms with E-state index in [9.17, 15) is 14.4 Å². The van der Waals surface area contributed by atoms with Gasteiger partial charge in [0.2, 0.25) is 11.8 Å². The second kappa shape index (κ2) is 6.17. The molecule has 1 N–H and O–H groups in total. The highest BCUT2D eigenvalue weighted by atomic mass is 32.1. The summed E-state index contributed by atoms with van der Waals surface area (Å²) in [5, 5.41) is 4.22. The Morgan fingerprint density at radius 2 is 2.10 bits per heavy atom. The van der Waals surface area contributed by atoms with Crippen molar-refractivity contribution in [3.8, 4) is 0 Å². The minimum Gasteiger partial charge on any atom is -0.277 e. The molecule has 0 saturated carbocycles. The summed E-state index contributed by atoms with van der Waals surface area (Å²) >= 11 is 1.51. The van der Waals surface area contributed by atoms with Gasteiger partial charge in [-0.05, 0) is 24.3 Å². The van der Waals surface area contributed by atoms with Crippen LogP contribution in [0.2, 0.25) is 0 Å². The minimum atomic E-state index is -0.744. The molecule has 108 valence electrons. The average Bonchev–Trinajstić information content (AvgIpc) is 2.93. The van der Waals surface area contributed by atoms with E-state index in [1.54, 1.807) is 0 Å². The zero-order valence-electron chi connectivity index (χ0n) is 11.6. The number of urea groups is 1. The number of amides is 4. The zero-order valence-corrected chi connectivity index (χ0v) is 12.4. The molecule has 6 heteroatoms. The normalized spacial score (nSPS) is 21.0. The van der Waals surface area contributed by atoms with Crippen LogP contribution in [0.15, 0.2) is 17.5 Å². The summed E-state index contributed by atoms with van der Waals surface area (Å²) in [6.07, 6.45) is 1.82. The topological polar surface area (TPSA) is 66.5 Å². The molecule has 1 aliphatic heterocycles. The summed E-state index contributed by atoms with van der Waals surface area (Å²) in [6, 6.07) is 2.90. The second-order valence-electron chi connectivity index (χ2n) is 4.78. The highest BCUT2D eigenvalue weighted by Gasteiger charge is 2.43. The third-order valence-corrected chi connectivity index (χ3v) is 4.42. The lowest BCUT2D eigenvalue weighted by molar-refractivity contribution is -0.144. The van der Waals surface area contributed by atoms with E-state index in [4.69, 9.17) is 0 Å². The van der Waals surface area contributed by atoms with E-state index in [-0.39, 0.29) is 11.9 Å². The lowest BCUT2D eigenvalue weighted by atomic mass is 9.97. The van der Waals surface area contributed by atoms with Crippen LogP contribution in [0.4, 0.5) is 4.79 Å². The van der Waals surface area contributed by atoms with Crippen molar-refractivity contribution in [1.82, 2.24) is 10.2 Å². The monoisotopic (exact) mass is 294 g/mol. The number of nitrogens with one attached hydrogen (secondary N) is 1. The quantitative estimate of drug-likeness (QED) is 0.849. The number of carbonyl (C=O) groups is 3. The number of rotatable bonds is 5. The fourth-order valence-electron chi connectivity index (χ4n) is 2.46. The van der Waals surface area contributed by atoms with Gasteiger partial charge in [-0.1, -0.05) is 26.3 Å². The van der Waals surface area contributed by atoms with Crippen molar-refractivity contribution in [1.29, 1.82) is 0 Å². The molecule has 2 atom stereocenters. The molecule has 0 bridgehead atoms. The first-order valence-electron chi connectivity index (χ1n) is 6.81. The van der Waals surface area contributed by atoms with Crippen LogP contribution in [0.3, 0.4) is 0 Å². The summed E-state index contributed by atoms with van der Waals surface area (Å²) in [4.78, 5) is 38.5. The molecule has 0 spiro atoms. The molecule has 4 amide bonds. The van der Waals surface area contributed by atoms with Gasteiger partial charge < -0.3 is 0 Å². The van der Waals surface area contributed by atoms with Gasteiger partial charge in [0.25, 0.3) is 0 Å².